The topological polar surface area (TPSA) is 90.2 Å². The summed E-state index contributed by atoms with van der Waals surface area (Å²) in [6.07, 6.45) is 2.65. The molecule has 1 aliphatic heterocycles. The normalized spacial score (nSPS) is 19.2. The van der Waals surface area contributed by atoms with Crippen molar-refractivity contribution in [3.8, 4) is 5.75 Å². The van der Waals surface area contributed by atoms with Crippen LogP contribution in [-0.4, -0.2) is 49.5 Å². The second-order valence-corrected chi connectivity index (χ2v) is 9.42. The average Bonchev–Trinajstić information content (AvgIpc) is 3.15. The molecule has 2 heterocycles. The Morgan fingerprint density at radius 3 is 2.38 bits per heavy atom. The minimum absolute atomic E-state index is 0.0326. The van der Waals surface area contributed by atoms with Crippen LogP contribution >= 0.6 is 11.6 Å². The number of aromatic nitrogens is 1. The lowest BCUT2D eigenvalue weighted by Gasteiger charge is -2.25. The van der Waals surface area contributed by atoms with Crippen LogP contribution < -0.4 is 15.2 Å². The number of hydrogen-bond acceptors (Lipinski definition) is 5. The summed E-state index contributed by atoms with van der Waals surface area (Å²) in [7, 11) is 2.78. The van der Waals surface area contributed by atoms with Crippen molar-refractivity contribution in [1.29, 1.82) is 0 Å². The molecule has 0 bridgehead atoms. The Hall–Kier alpha value is -3.89. The summed E-state index contributed by atoms with van der Waals surface area (Å²) in [6.45, 7) is 2.09. The average molecular weight is 558 g/mol. The van der Waals surface area contributed by atoms with Gasteiger partial charge in [0.25, 0.3) is 11.5 Å². The maximum absolute atomic E-state index is 15.3. The van der Waals surface area contributed by atoms with Crippen LogP contribution in [0.2, 0.25) is 5.02 Å². The molecule has 0 radical (unpaired) electrons. The Labute approximate surface area is 228 Å². The highest BCUT2D eigenvalue weighted by atomic mass is 35.5. The van der Waals surface area contributed by atoms with Crippen LogP contribution in [-0.2, 0) is 16.1 Å². The van der Waals surface area contributed by atoms with Gasteiger partial charge in [0.2, 0.25) is 5.91 Å². The van der Waals surface area contributed by atoms with Gasteiger partial charge in [-0.1, -0.05) is 11.6 Å². The molecule has 1 unspecified atom stereocenters. The van der Waals surface area contributed by atoms with Crippen LogP contribution in [0.15, 0.2) is 64.5 Å². The van der Waals surface area contributed by atoms with Crippen molar-refractivity contribution >= 4 is 35.3 Å². The standard InChI is InChI=1S/C28H26ClF2N3O5/c1-16-24(25-21(30)13-19(39-3)14-22(25)31)20(15-32-26(35)17-6-8-18(29)9-7-17)27(36)34(16)23-5-4-10-33(28(23)37)11-12-38-2/h4-10,13-16,20,24H,11-12H2,1-3H3/t16-,20?,24-/m1/s1. The van der Waals surface area contributed by atoms with Crippen LogP contribution in [0.25, 0.3) is 0 Å². The van der Waals surface area contributed by atoms with Gasteiger partial charge in [0, 0.05) is 66.3 Å². The van der Waals surface area contributed by atoms with E-state index >= 15 is 8.78 Å². The van der Waals surface area contributed by atoms with Crippen molar-refractivity contribution in [3.05, 3.63) is 92.9 Å². The molecule has 8 nitrogen and oxygen atoms in total. The number of methoxy groups -OCH3 is 2. The summed E-state index contributed by atoms with van der Waals surface area (Å²) in [4.78, 5) is 44.9. The molecule has 3 atom stereocenters. The quantitative estimate of drug-likeness (QED) is 0.381. The Morgan fingerprint density at radius 1 is 1.10 bits per heavy atom. The molecule has 1 saturated heterocycles. The molecule has 1 aromatic heterocycles. The molecular formula is C28H26ClF2N3O5. The summed E-state index contributed by atoms with van der Waals surface area (Å²) in [6, 6.07) is 10.2. The highest BCUT2D eigenvalue weighted by molar-refractivity contribution is 6.30. The fourth-order valence-electron chi connectivity index (χ4n) is 4.78. The zero-order valence-electron chi connectivity index (χ0n) is 21.4. The van der Waals surface area contributed by atoms with Gasteiger partial charge in [0.05, 0.1) is 19.6 Å². The maximum Gasteiger partial charge on any atom is 0.276 e. The molecular weight excluding hydrogens is 532 g/mol. The number of hydrogen-bond donors (Lipinski definition) is 0. The van der Waals surface area contributed by atoms with E-state index in [9.17, 15) is 14.4 Å². The first-order valence-corrected chi connectivity index (χ1v) is 12.4. The minimum atomic E-state index is -1.25. The van der Waals surface area contributed by atoms with Gasteiger partial charge in [-0.05, 0) is 43.3 Å². The molecule has 204 valence electrons. The molecule has 0 spiro atoms. The lowest BCUT2D eigenvalue weighted by Crippen LogP contribution is -2.38. The Kier molecular flexibility index (Phi) is 8.57. The number of amides is 2. The number of pyridine rings is 1. The lowest BCUT2D eigenvalue weighted by atomic mass is 9.84. The van der Waals surface area contributed by atoms with Gasteiger partial charge in [-0.25, -0.2) is 13.8 Å². The van der Waals surface area contributed by atoms with Crippen molar-refractivity contribution in [2.75, 3.05) is 25.7 Å². The van der Waals surface area contributed by atoms with E-state index in [1.165, 1.54) is 54.0 Å². The first kappa shape index (κ1) is 28.1. The molecule has 3 aromatic rings. The molecule has 4 rings (SSSR count). The van der Waals surface area contributed by atoms with Gasteiger partial charge in [0.1, 0.15) is 23.1 Å². The Bertz CT molecular complexity index is 1450. The predicted molar refractivity (Wildman–Crippen MR) is 143 cm³/mol. The van der Waals surface area contributed by atoms with E-state index in [0.29, 0.717) is 5.02 Å². The molecule has 0 saturated carbocycles. The predicted octanol–water partition coefficient (Wildman–Crippen LogP) is 4.48. The number of carbonyl (C=O) groups is 2. The number of carbonyl (C=O) groups excluding carboxylic acids is 2. The number of aliphatic imine (C=N–C) groups is 1. The van der Waals surface area contributed by atoms with E-state index < -0.39 is 46.9 Å². The van der Waals surface area contributed by atoms with E-state index in [0.717, 1.165) is 18.3 Å². The lowest BCUT2D eigenvalue weighted by molar-refractivity contribution is -0.118. The van der Waals surface area contributed by atoms with Crippen molar-refractivity contribution in [2.24, 2.45) is 10.9 Å². The molecule has 0 aliphatic carbocycles. The molecule has 2 aromatic carbocycles. The molecule has 11 heteroatoms. The first-order valence-electron chi connectivity index (χ1n) is 12.1. The van der Waals surface area contributed by atoms with Gasteiger partial charge < -0.3 is 18.9 Å². The molecule has 1 aliphatic rings. The van der Waals surface area contributed by atoms with E-state index in [1.54, 1.807) is 19.2 Å². The second-order valence-electron chi connectivity index (χ2n) is 8.98. The number of ether oxygens (including phenoxy) is 2. The van der Waals surface area contributed by atoms with Crippen molar-refractivity contribution in [2.45, 2.75) is 25.4 Å². The van der Waals surface area contributed by atoms with Gasteiger partial charge in [-0.3, -0.25) is 14.4 Å². The van der Waals surface area contributed by atoms with E-state index in [4.69, 9.17) is 21.1 Å². The number of nitrogens with zero attached hydrogens (tertiary/aromatic N) is 3. The second kappa shape index (κ2) is 11.9. The third kappa shape index (κ3) is 5.62. The fraction of sp³-hybridized carbons (Fsp3) is 0.286. The summed E-state index contributed by atoms with van der Waals surface area (Å²) in [5.41, 5.74) is -0.594. The smallest absolute Gasteiger partial charge is 0.276 e. The summed E-state index contributed by atoms with van der Waals surface area (Å²) in [5.74, 6) is -5.54. The van der Waals surface area contributed by atoms with Crippen LogP contribution in [0.4, 0.5) is 14.5 Å². The fourth-order valence-corrected chi connectivity index (χ4v) is 4.90. The summed E-state index contributed by atoms with van der Waals surface area (Å²) in [5, 5.41) is 0.426. The third-order valence-electron chi connectivity index (χ3n) is 6.70. The van der Waals surface area contributed by atoms with E-state index in [2.05, 4.69) is 4.99 Å². The number of rotatable bonds is 8. The summed E-state index contributed by atoms with van der Waals surface area (Å²) < 4.78 is 42.0. The maximum atomic E-state index is 15.3. The van der Waals surface area contributed by atoms with Crippen molar-refractivity contribution in [1.82, 2.24) is 4.57 Å². The minimum Gasteiger partial charge on any atom is -0.497 e. The third-order valence-corrected chi connectivity index (χ3v) is 6.95. The SMILES string of the molecule is COCCn1cccc(N2C(=O)C(C=NC(=O)c3ccc(Cl)cc3)[C@H](c3c(F)cc(OC)cc3F)[C@H]2C)c1=O. The largest absolute Gasteiger partial charge is 0.497 e. The summed E-state index contributed by atoms with van der Waals surface area (Å²) >= 11 is 5.88. The van der Waals surface area contributed by atoms with Crippen LogP contribution in [0.1, 0.15) is 28.8 Å². The molecule has 1 fully saturated rings. The molecule has 2 amide bonds. The zero-order valence-corrected chi connectivity index (χ0v) is 22.2. The van der Waals surface area contributed by atoms with Gasteiger partial charge in [0.15, 0.2) is 0 Å². The number of benzene rings is 2. The van der Waals surface area contributed by atoms with Crippen LogP contribution in [0.5, 0.6) is 5.75 Å². The van der Waals surface area contributed by atoms with Crippen molar-refractivity contribution < 1.29 is 27.8 Å². The number of halogens is 3. The van der Waals surface area contributed by atoms with Crippen molar-refractivity contribution in [3.63, 3.8) is 0 Å². The Balaban J connectivity index is 1.80. The van der Waals surface area contributed by atoms with E-state index in [-0.39, 0.29) is 35.7 Å². The van der Waals surface area contributed by atoms with Crippen LogP contribution in [0.3, 0.4) is 0 Å². The van der Waals surface area contributed by atoms with Crippen LogP contribution in [0, 0.1) is 17.6 Å². The van der Waals surface area contributed by atoms with Gasteiger partial charge in [-0.2, -0.15) is 0 Å². The molecule has 39 heavy (non-hydrogen) atoms. The highest BCUT2D eigenvalue weighted by Gasteiger charge is 2.49. The van der Waals surface area contributed by atoms with Gasteiger partial charge >= 0.3 is 0 Å². The Morgan fingerprint density at radius 2 is 1.77 bits per heavy atom. The first-order chi connectivity index (χ1) is 18.7. The molecule has 0 N–H and O–H groups in total. The number of anilines is 1. The van der Waals surface area contributed by atoms with Gasteiger partial charge in [-0.15, -0.1) is 0 Å². The zero-order chi connectivity index (χ0) is 28.3. The monoisotopic (exact) mass is 557 g/mol. The highest BCUT2D eigenvalue weighted by Crippen LogP contribution is 2.42. The van der Waals surface area contributed by atoms with E-state index in [1.807, 2.05) is 0 Å².